The molecule has 1 rings (SSSR count). The molecule has 1 unspecified atom stereocenters. The topological polar surface area (TPSA) is 91.7 Å². The predicted octanol–water partition coefficient (Wildman–Crippen LogP) is 3.11. The molecule has 1 aromatic carbocycles. The molecule has 0 saturated heterocycles. The lowest BCUT2D eigenvalue weighted by molar-refractivity contribution is -0.685. The molecule has 4 amide bonds. The Morgan fingerprint density at radius 2 is 1.80 bits per heavy atom. The van der Waals surface area contributed by atoms with Crippen molar-refractivity contribution in [1.29, 1.82) is 5.41 Å². The second-order valence-corrected chi connectivity index (χ2v) is 5.73. The third-order valence-corrected chi connectivity index (χ3v) is 3.78. The van der Waals surface area contributed by atoms with Crippen molar-refractivity contribution < 1.29 is 23.5 Å². The number of anilines is 1. The number of unbranched alkanes of at least 4 members (excludes halogenated alkanes) is 1. The minimum absolute atomic E-state index is 0.141. The lowest BCUT2D eigenvalue weighted by Crippen LogP contribution is -2.65. The number of amidine groups is 1. The molecule has 25 heavy (non-hydrogen) atoms. The standard InChI is InChI=1S/C17H26N4O4/c1-6-7-12-21(15(18)25-5,17(23)20(2)3)16(22)19-13-8-10-14(24-4)11-9-13/h8-11,18H,6-7,12H2,1-5H3/p+1. The molecule has 0 heterocycles. The number of urea groups is 2. The molecule has 0 spiro atoms. The van der Waals surface area contributed by atoms with E-state index in [1.165, 1.54) is 12.0 Å². The van der Waals surface area contributed by atoms with E-state index in [1.807, 2.05) is 6.92 Å². The summed E-state index contributed by atoms with van der Waals surface area (Å²) >= 11 is 0. The Hall–Kier alpha value is -2.61. The van der Waals surface area contributed by atoms with Crippen molar-refractivity contribution in [1.82, 2.24) is 4.90 Å². The van der Waals surface area contributed by atoms with Crippen LogP contribution in [0.2, 0.25) is 0 Å². The molecule has 0 saturated carbocycles. The number of amides is 4. The third kappa shape index (κ3) is 4.48. The molecule has 8 nitrogen and oxygen atoms in total. The van der Waals surface area contributed by atoms with Gasteiger partial charge in [0.2, 0.25) is 0 Å². The van der Waals surface area contributed by atoms with Crippen molar-refractivity contribution >= 4 is 23.8 Å². The number of benzene rings is 1. The van der Waals surface area contributed by atoms with Crippen molar-refractivity contribution in [2.45, 2.75) is 19.8 Å². The molecular weight excluding hydrogens is 324 g/mol. The monoisotopic (exact) mass is 351 g/mol. The fourth-order valence-corrected chi connectivity index (χ4v) is 2.35. The number of carbonyl (C=O) groups is 2. The van der Waals surface area contributed by atoms with Crippen molar-refractivity contribution in [3.8, 4) is 5.75 Å². The number of nitrogens with zero attached hydrogens (tertiary/aromatic N) is 2. The SMILES string of the molecule is CCCC[N+](C(=N)OC)(C(=O)Nc1ccc(OC)cc1)C(=O)N(C)C. The maximum atomic E-state index is 13.0. The lowest BCUT2D eigenvalue weighted by atomic mass is 10.2. The lowest BCUT2D eigenvalue weighted by Gasteiger charge is -2.32. The highest BCUT2D eigenvalue weighted by Gasteiger charge is 2.52. The van der Waals surface area contributed by atoms with E-state index in [0.717, 1.165) is 6.42 Å². The Morgan fingerprint density at radius 1 is 1.20 bits per heavy atom. The predicted molar refractivity (Wildman–Crippen MR) is 95.9 cm³/mol. The van der Waals surface area contributed by atoms with Gasteiger partial charge in [0.25, 0.3) is 0 Å². The molecule has 0 aromatic heterocycles. The summed E-state index contributed by atoms with van der Waals surface area (Å²) < 4.78 is 9.24. The summed E-state index contributed by atoms with van der Waals surface area (Å²) in [6, 6.07) is 5.15. The Balaban J connectivity index is 3.24. The summed E-state index contributed by atoms with van der Waals surface area (Å²) in [5.41, 5.74) is 0.500. The van der Waals surface area contributed by atoms with Gasteiger partial charge in [-0.2, -0.15) is 0 Å². The van der Waals surface area contributed by atoms with Gasteiger partial charge in [-0.25, -0.2) is 15.0 Å². The minimum Gasteiger partial charge on any atom is -0.497 e. The zero-order valence-corrected chi connectivity index (χ0v) is 15.5. The molecule has 0 fully saturated rings. The Bertz CT molecular complexity index is 616. The summed E-state index contributed by atoms with van der Waals surface area (Å²) in [6.07, 6.45) is 1.36. The molecule has 0 aliphatic carbocycles. The molecular formula is C17H27N4O4+. The average molecular weight is 351 g/mol. The highest BCUT2D eigenvalue weighted by atomic mass is 16.5. The van der Waals surface area contributed by atoms with Crippen molar-refractivity contribution in [2.75, 3.05) is 40.2 Å². The summed E-state index contributed by atoms with van der Waals surface area (Å²) in [6.45, 7) is 2.09. The van der Waals surface area contributed by atoms with Gasteiger partial charge in [-0.1, -0.05) is 17.8 Å². The molecule has 0 aliphatic heterocycles. The summed E-state index contributed by atoms with van der Waals surface area (Å²) in [5.74, 6) is 0.652. The van der Waals surface area contributed by atoms with Crippen LogP contribution in [0.4, 0.5) is 15.3 Å². The molecule has 1 atom stereocenters. The van der Waals surface area contributed by atoms with E-state index < -0.39 is 22.6 Å². The molecule has 0 aliphatic rings. The number of hydrogen-bond acceptors (Lipinski definition) is 5. The van der Waals surface area contributed by atoms with Gasteiger partial charge in [0, 0.05) is 19.8 Å². The smallest absolute Gasteiger partial charge is 0.439 e. The van der Waals surface area contributed by atoms with Crippen molar-refractivity contribution in [3.63, 3.8) is 0 Å². The number of nitrogens with one attached hydrogen (secondary N) is 2. The van der Waals surface area contributed by atoms with Crippen LogP contribution in [0.1, 0.15) is 19.8 Å². The second kappa shape index (κ2) is 9.03. The van der Waals surface area contributed by atoms with Crippen LogP contribution in [-0.2, 0) is 4.74 Å². The first-order valence-corrected chi connectivity index (χ1v) is 8.02. The normalized spacial score (nSPS) is 12.7. The molecule has 0 bridgehead atoms. The zero-order valence-electron chi connectivity index (χ0n) is 15.5. The van der Waals surface area contributed by atoms with E-state index in [9.17, 15) is 9.59 Å². The summed E-state index contributed by atoms with van der Waals surface area (Å²) in [4.78, 5) is 27.1. The number of ether oxygens (including phenoxy) is 2. The number of imide groups is 1. The van der Waals surface area contributed by atoms with E-state index in [-0.39, 0.29) is 6.54 Å². The molecule has 2 N–H and O–H groups in total. The Kier molecular flexibility index (Phi) is 7.38. The fourth-order valence-electron chi connectivity index (χ4n) is 2.35. The average Bonchev–Trinajstić information content (AvgIpc) is 2.62. The van der Waals surface area contributed by atoms with Crippen LogP contribution >= 0.6 is 0 Å². The maximum absolute atomic E-state index is 13.0. The molecule has 1 aromatic rings. The van der Waals surface area contributed by atoms with Gasteiger partial charge in [-0.3, -0.25) is 10.2 Å². The van der Waals surface area contributed by atoms with Gasteiger partial charge in [0.15, 0.2) is 0 Å². The van der Waals surface area contributed by atoms with E-state index in [4.69, 9.17) is 14.9 Å². The van der Waals surface area contributed by atoms with Gasteiger partial charge in [0.05, 0.1) is 14.2 Å². The van der Waals surface area contributed by atoms with Crippen LogP contribution in [0.5, 0.6) is 5.75 Å². The number of carbonyl (C=O) groups excluding carboxylic acids is 2. The Morgan fingerprint density at radius 3 is 2.24 bits per heavy atom. The maximum Gasteiger partial charge on any atom is 0.439 e. The van der Waals surface area contributed by atoms with Crippen LogP contribution in [0, 0.1) is 5.41 Å². The largest absolute Gasteiger partial charge is 0.497 e. The summed E-state index contributed by atoms with van der Waals surface area (Å²) in [5, 5.41) is 10.8. The van der Waals surface area contributed by atoms with E-state index in [1.54, 1.807) is 45.5 Å². The number of rotatable bonds is 5. The first kappa shape index (κ1) is 20.4. The van der Waals surface area contributed by atoms with Crippen molar-refractivity contribution in [3.05, 3.63) is 24.3 Å². The zero-order chi connectivity index (χ0) is 19.0. The van der Waals surface area contributed by atoms with Gasteiger partial charge in [0.1, 0.15) is 12.3 Å². The summed E-state index contributed by atoms with van der Waals surface area (Å²) in [7, 11) is 5.93. The quantitative estimate of drug-likeness (QED) is 0.484. The molecule has 138 valence electrons. The number of hydrogen-bond donors (Lipinski definition) is 2. The highest BCUT2D eigenvalue weighted by molar-refractivity contribution is 6.00. The van der Waals surface area contributed by atoms with E-state index >= 15 is 0 Å². The van der Waals surface area contributed by atoms with Gasteiger partial charge < -0.3 is 9.47 Å². The van der Waals surface area contributed by atoms with Gasteiger partial charge in [-0.05, 0) is 30.7 Å². The molecule has 8 heteroatoms. The highest BCUT2D eigenvalue weighted by Crippen LogP contribution is 2.21. The Labute approximate surface area is 148 Å². The first-order valence-electron chi connectivity index (χ1n) is 8.02. The first-order chi connectivity index (χ1) is 11.8. The third-order valence-electron chi connectivity index (χ3n) is 3.78. The minimum atomic E-state index is -0.858. The van der Waals surface area contributed by atoms with Crippen LogP contribution in [0.3, 0.4) is 0 Å². The van der Waals surface area contributed by atoms with Crippen LogP contribution < -0.4 is 10.1 Å². The van der Waals surface area contributed by atoms with Crippen LogP contribution in [-0.4, -0.2) is 62.3 Å². The van der Waals surface area contributed by atoms with Crippen LogP contribution in [0.15, 0.2) is 24.3 Å². The fraction of sp³-hybridized carbons (Fsp3) is 0.471. The second-order valence-electron chi connectivity index (χ2n) is 5.73. The van der Waals surface area contributed by atoms with Crippen molar-refractivity contribution in [2.24, 2.45) is 0 Å². The van der Waals surface area contributed by atoms with Gasteiger partial charge >= 0.3 is 18.1 Å². The van der Waals surface area contributed by atoms with Crippen LogP contribution in [0.25, 0.3) is 0 Å². The van der Waals surface area contributed by atoms with Gasteiger partial charge in [-0.15, -0.1) is 0 Å². The molecule has 0 radical (unpaired) electrons. The number of methoxy groups -OCH3 is 2. The van der Waals surface area contributed by atoms with E-state index in [0.29, 0.717) is 17.9 Å². The van der Waals surface area contributed by atoms with E-state index in [2.05, 4.69) is 5.32 Å². The number of quaternary nitrogens is 1.